The Kier molecular flexibility index (Phi) is 3.71. The van der Waals surface area contributed by atoms with Crippen molar-refractivity contribution in [2.45, 2.75) is 31.3 Å². The van der Waals surface area contributed by atoms with Gasteiger partial charge < -0.3 is 15.8 Å². The molecule has 0 aromatic heterocycles. The fourth-order valence-electron chi connectivity index (χ4n) is 2.16. The van der Waals surface area contributed by atoms with E-state index in [-0.39, 0.29) is 0 Å². The zero-order valence-corrected chi connectivity index (χ0v) is 11.0. The highest BCUT2D eigenvalue weighted by molar-refractivity contribution is 9.10. The van der Waals surface area contributed by atoms with Gasteiger partial charge in [-0.2, -0.15) is 0 Å². The molecule has 16 heavy (non-hydrogen) atoms. The van der Waals surface area contributed by atoms with Crippen LogP contribution in [0.25, 0.3) is 0 Å². The molecule has 2 rings (SSSR count). The van der Waals surface area contributed by atoms with E-state index >= 15 is 0 Å². The van der Waals surface area contributed by atoms with Crippen molar-refractivity contribution in [2.24, 2.45) is 5.73 Å². The minimum atomic E-state index is 0.343. The lowest BCUT2D eigenvalue weighted by Crippen LogP contribution is -2.20. The van der Waals surface area contributed by atoms with Crippen molar-refractivity contribution in [1.82, 2.24) is 0 Å². The highest BCUT2D eigenvalue weighted by Crippen LogP contribution is 2.31. The summed E-state index contributed by atoms with van der Waals surface area (Å²) in [7, 11) is 1.69. The molecule has 1 saturated carbocycles. The summed E-state index contributed by atoms with van der Waals surface area (Å²) in [5, 5.41) is 3.50. The fraction of sp³-hybridized carbons (Fsp3) is 0.500. The highest BCUT2D eigenvalue weighted by atomic mass is 79.9. The molecule has 1 aliphatic rings. The van der Waals surface area contributed by atoms with Gasteiger partial charge in [0.15, 0.2) is 0 Å². The molecule has 2 unspecified atom stereocenters. The summed E-state index contributed by atoms with van der Waals surface area (Å²) in [4.78, 5) is 0. The Labute approximate surface area is 104 Å². The molecule has 1 aromatic carbocycles. The number of ether oxygens (including phenoxy) is 1. The van der Waals surface area contributed by atoms with E-state index in [9.17, 15) is 0 Å². The number of anilines is 1. The first-order valence-electron chi connectivity index (χ1n) is 5.54. The zero-order chi connectivity index (χ0) is 11.5. The Balaban J connectivity index is 2.10. The van der Waals surface area contributed by atoms with Crippen LogP contribution in [0, 0.1) is 0 Å². The third-order valence-corrected chi connectivity index (χ3v) is 3.49. The normalized spacial score (nSPS) is 24.4. The number of hydrogen-bond acceptors (Lipinski definition) is 3. The van der Waals surface area contributed by atoms with Crippen molar-refractivity contribution < 1.29 is 4.74 Å². The van der Waals surface area contributed by atoms with Gasteiger partial charge >= 0.3 is 0 Å². The van der Waals surface area contributed by atoms with Gasteiger partial charge in [-0.3, -0.25) is 0 Å². The first kappa shape index (κ1) is 11.7. The minimum absolute atomic E-state index is 0.343. The largest absolute Gasteiger partial charge is 0.495 e. The van der Waals surface area contributed by atoms with Gasteiger partial charge in [0.2, 0.25) is 0 Å². The van der Waals surface area contributed by atoms with Gasteiger partial charge in [0, 0.05) is 16.6 Å². The first-order chi connectivity index (χ1) is 7.69. The number of methoxy groups -OCH3 is 1. The van der Waals surface area contributed by atoms with E-state index in [1.807, 2.05) is 18.2 Å². The Morgan fingerprint density at radius 3 is 2.88 bits per heavy atom. The van der Waals surface area contributed by atoms with Gasteiger partial charge in [-0.15, -0.1) is 0 Å². The van der Waals surface area contributed by atoms with Crippen LogP contribution in [0.15, 0.2) is 22.7 Å². The summed E-state index contributed by atoms with van der Waals surface area (Å²) in [5.74, 6) is 0.878. The molecule has 3 nitrogen and oxygen atoms in total. The molecule has 88 valence electrons. The Morgan fingerprint density at radius 2 is 2.25 bits per heavy atom. The van der Waals surface area contributed by atoms with Gasteiger partial charge in [0.25, 0.3) is 0 Å². The van der Waals surface area contributed by atoms with Gasteiger partial charge in [-0.1, -0.05) is 15.9 Å². The third kappa shape index (κ3) is 2.68. The van der Waals surface area contributed by atoms with E-state index in [2.05, 4.69) is 21.2 Å². The van der Waals surface area contributed by atoms with Crippen LogP contribution in [-0.2, 0) is 0 Å². The third-order valence-electron chi connectivity index (χ3n) is 2.99. The molecule has 1 fully saturated rings. The summed E-state index contributed by atoms with van der Waals surface area (Å²) >= 11 is 3.47. The van der Waals surface area contributed by atoms with Crippen LogP contribution >= 0.6 is 15.9 Å². The molecular weight excluding hydrogens is 268 g/mol. The summed E-state index contributed by atoms with van der Waals surface area (Å²) in [6.07, 6.45) is 3.28. The van der Waals surface area contributed by atoms with Crippen LogP contribution in [0.3, 0.4) is 0 Å². The standard InChI is InChI=1S/C12H17BrN2O/c1-16-12-5-2-8(13)6-11(12)15-10-4-3-9(14)7-10/h2,5-6,9-10,15H,3-4,7,14H2,1H3. The molecule has 0 radical (unpaired) electrons. The predicted octanol–water partition coefficient (Wildman–Crippen LogP) is 2.75. The van der Waals surface area contributed by atoms with Crippen LogP contribution in [0.1, 0.15) is 19.3 Å². The van der Waals surface area contributed by atoms with Crippen LogP contribution in [-0.4, -0.2) is 19.2 Å². The maximum atomic E-state index is 5.90. The fourth-order valence-corrected chi connectivity index (χ4v) is 2.52. The average Bonchev–Trinajstić information content (AvgIpc) is 2.64. The molecular formula is C12H17BrN2O. The Morgan fingerprint density at radius 1 is 1.44 bits per heavy atom. The van der Waals surface area contributed by atoms with E-state index in [1.54, 1.807) is 7.11 Å². The maximum Gasteiger partial charge on any atom is 0.142 e. The molecule has 0 aliphatic heterocycles. The van der Waals surface area contributed by atoms with Gasteiger partial charge in [0.1, 0.15) is 5.75 Å². The van der Waals surface area contributed by atoms with Crippen molar-refractivity contribution in [3.63, 3.8) is 0 Å². The molecule has 4 heteroatoms. The number of nitrogens with two attached hydrogens (primary N) is 1. The monoisotopic (exact) mass is 284 g/mol. The molecule has 0 saturated heterocycles. The second kappa shape index (κ2) is 5.06. The van der Waals surface area contributed by atoms with Crippen molar-refractivity contribution >= 4 is 21.6 Å². The average molecular weight is 285 g/mol. The molecule has 2 atom stereocenters. The topological polar surface area (TPSA) is 47.3 Å². The van der Waals surface area contributed by atoms with Crippen LogP contribution in [0.5, 0.6) is 5.75 Å². The predicted molar refractivity (Wildman–Crippen MR) is 69.9 cm³/mol. The molecule has 1 aliphatic carbocycles. The smallest absolute Gasteiger partial charge is 0.142 e. The molecule has 0 spiro atoms. The van der Waals surface area contributed by atoms with E-state index in [1.165, 1.54) is 0 Å². The number of benzene rings is 1. The number of halogens is 1. The Bertz CT molecular complexity index is 370. The molecule has 0 bridgehead atoms. The molecule has 1 aromatic rings. The molecule has 0 heterocycles. The molecule has 3 N–H and O–H groups in total. The Hall–Kier alpha value is -0.740. The van der Waals surface area contributed by atoms with Gasteiger partial charge in [0.05, 0.1) is 12.8 Å². The van der Waals surface area contributed by atoms with E-state index in [0.29, 0.717) is 12.1 Å². The maximum absolute atomic E-state index is 5.90. The van der Waals surface area contributed by atoms with Crippen LogP contribution < -0.4 is 15.8 Å². The summed E-state index contributed by atoms with van der Waals surface area (Å²) in [6, 6.07) is 6.79. The zero-order valence-electron chi connectivity index (χ0n) is 9.37. The number of rotatable bonds is 3. The summed E-state index contributed by atoms with van der Waals surface area (Å²) < 4.78 is 6.38. The lowest BCUT2D eigenvalue weighted by atomic mass is 10.2. The van der Waals surface area contributed by atoms with Crippen molar-refractivity contribution in [3.8, 4) is 5.75 Å². The molecule has 0 amide bonds. The van der Waals surface area contributed by atoms with E-state index in [4.69, 9.17) is 10.5 Å². The minimum Gasteiger partial charge on any atom is -0.495 e. The summed E-state index contributed by atoms with van der Waals surface area (Å²) in [5.41, 5.74) is 6.94. The lowest BCUT2D eigenvalue weighted by molar-refractivity contribution is 0.416. The quantitative estimate of drug-likeness (QED) is 0.897. The van der Waals surface area contributed by atoms with Crippen LogP contribution in [0.2, 0.25) is 0 Å². The second-order valence-corrected chi connectivity index (χ2v) is 5.17. The lowest BCUT2D eigenvalue weighted by Gasteiger charge is -2.16. The van der Waals surface area contributed by atoms with Crippen molar-refractivity contribution in [3.05, 3.63) is 22.7 Å². The van der Waals surface area contributed by atoms with Gasteiger partial charge in [-0.05, 0) is 37.5 Å². The SMILES string of the molecule is COc1ccc(Br)cc1NC1CCC(N)C1. The second-order valence-electron chi connectivity index (χ2n) is 4.26. The van der Waals surface area contributed by atoms with Crippen molar-refractivity contribution in [2.75, 3.05) is 12.4 Å². The van der Waals surface area contributed by atoms with Gasteiger partial charge in [-0.25, -0.2) is 0 Å². The number of hydrogen-bond donors (Lipinski definition) is 2. The van der Waals surface area contributed by atoms with Crippen molar-refractivity contribution in [1.29, 1.82) is 0 Å². The highest BCUT2D eigenvalue weighted by Gasteiger charge is 2.22. The number of nitrogens with one attached hydrogen (secondary N) is 1. The summed E-state index contributed by atoms with van der Waals surface area (Å²) in [6.45, 7) is 0. The van der Waals surface area contributed by atoms with Crippen LogP contribution in [0.4, 0.5) is 5.69 Å². The van der Waals surface area contributed by atoms with E-state index in [0.717, 1.165) is 35.2 Å². The first-order valence-corrected chi connectivity index (χ1v) is 6.34. The van der Waals surface area contributed by atoms with E-state index < -0.39 is 0 Å².